The average molecular weight is 217 g/mol. The summed E-state index contributed by atoms with van der Waals surface area (Å²) in [6.45, 7) is 2.91. The molecule has 0 spiro atoms. The third-order valence-electron chi connectivity index (χ3n) is 1.83. The van der Waals surface area contributed by atoms with Crippen molar-refractivity contribution in [1.29, 1.82) is 0 Å². The Morgan fingerprint density at radius 3 is 2.53 bits per heavy atom. The van der Waals surface area contributed by atoms with Crippen LogP contribution in [0.3, 0.4) is 0 Å². The van der Waals surface area contributed by atoms with Gasteiger partial charge < -0.3 is 21.1 Å². The summed E-state index contributed by atoms with van der Waals surface area (Å²) in [5.74, 6) is -1.30. The summed E-state index contributed by atoms with van der Waals surface area (Å²) in [6.07, 6.45) is 0.712. The smallest absolute Gasteiger partial charge is 0.309 e. The van der Waals surface area contributed by atoms with Gasteiger partial charge in [-0.15, -0.1) is 0 Å². The van der Waals surface area contributed by atoms with E-state index in [1.807, 2.05) is 6.92 Å². The first-order valence-electron chi connectivity index (χ1n) is 4.93. The maximum absolute atomic E-state index is 11.3. The van der Waals surface area contributed by atoms with Crippen molar-refractivity contribution in [3.63, 3.8) is 0 Å². The van der Waals surface area contributed by atoms with E-state index in [1.165, 1.54) is 0 Å². The monoisotopic (exact) mass is 217 g/mol. The number of nitrogens with two attached hydrogens (primary N) is 1. The van der Waals surface area contributed by atoms with Gasteiger partial charge in [-0.2, -0.15) is 0 Å². The van der Waals surface area contributed by atoms with Crippen LogP contribution in [0, 0.1) is 0 Å². The van der Waals surface area contributed by atoms with E-state index < -0.39 is 11.8 Å². The molecule has 0 aromatic heterocycles. The summed E-state index contributed by atoms with van der Waals surface area (Å²) in [5, 5.41) is 4.95. The summed E-state index contributed by atoms with van der Waals surface area (Å²) in [6, 6.07) is -0.133. The van der Waals surface area contributed by atoms with Gasteiger partial charge in [0.25, 0.3) is 0 Å². The third-order valence-corrected chi connectivity index (χ3v) is 1.83. The van der Waals surface area contributed by atoms with Gasteiger partial charge in [-0.3, -0.25) is 9.59 Å². The van der Waals surface area contributed by atoms with Crippen LogP contribution in [0.5, 0.6) is 0 Å². The van der Waals surface area contributed by atoms with Crippen LogP contribution in [0.1, 0.15) is 13.3 Å². The Bertz CT molecular complexity index is 209. The highest BCUT2D eigenvalue weighted by atomic mass is 16.5. The van der Waals surface area contributed by atoms with Crippen molar-refractivity contribution in [1.82, 2.24) is 10.6 Å². The molecule has 0 aliphatic carbocycles. The fourth-order valence-electron chi connectivity index (χ4n) is 0.980. The summed E-state index contributed by atoms with van der Waals surface area (Å²) in [7, 11) is 1.54. The number of hydrogen-bond acceptors (Lipinski definition) is 4. The van der Waals surface area contributed by atoms with Crippen LogP contribution in [0.4, 0.5) is 0 Å². The van der Waals surface area contributed by atoms with E-state index in [-0.39, 0.29) is 6.04 Å². The minimum Gasteiger partial charge on any atom is -0.383 e. The lowest BCUT2D eigenvalue weighted by Gasteiger charge is -2.15. The Morgan fingerprint density at radius 2 is 2.07 bits per heavy atom. The standard InChI is InChI=1S/C9H19N3O3/c1-3-7(6-15-2)12-9(14)8(13)11-5-4-10/h7H,3-6,10H2,1-2H3,(H,11,13)(H,12,14). The molecular weight excluding hydrogens is 198 g/mol. The van der Waals surface area contributed by atoms with E-state index in [0.717, 1.165) is 0 Å². The van der Waals surface area contributed by atoms with E-state index in [0.29, 0.717) is 26.1 Å². The van der Waals surface area contributed by atoms with Crippen molar-refractivity contribution >= 4 is 11.8 Å². The second kappa shape index (κ2) is 8.19. The molecule has 2 amide bonds. The molecule has 0 aliphatic rings. The number of carbonyl (C=O) groups excluding carboxylic acids is 2. The van der Waals surface area contributed by atoms with Gasteiger partial charge in [0.05, 0.1) is 12.6 Å². The van der Waals surface area contributed by atoms with Gasteiger partial charge >= 0.3 is 11.8 Å². The lowest BCUT2D eigenvalue weighted by Crippen LogP contribution is -2.46. The third kappa shape index (κ3) is 6.03. The van der Waals surface area contributed by atoms with E-state index in [2.05, 4.69) is 10.6 Å². The number of nitrogens with one attached hydrogen (secondary N) is 2. The zero-order valence-corrected chi connectivity index (χ0v) is 9.21. The van der Waals surface area contributed by atoms with Crippen LogP contribution < -0.4 is 16.4 Å². The average Bonchev–Trinajstić information content (AvgIpc) is 2.24. The summed E-state index contributed by atoms with van der Waals surface area (Å²) >= 11 is 0. The minimum atomic E-state index is -0.657. The Kier molecular flexibility index (Phi) is 7.57. The number of hydrogen-bond donors (Lipinski definition) is 3. The highest BCUT2D eigenvalue weighted by molar-refractivity contribution is 6.35. The van der Waals surface area contributed by atoms with Crippen LogP contribution in [0.15, 0.2) is 0 Å². The molecule has 0 rings (SSSR count). The second-order valence-electron chi connectivity index (χ2n) is 3.08. The van der Waals surface area contributed by atoms with Crippen molar-refractivity contribution in [2.24, 2.45) is 5.73 Å². The minimum absolute atomic E-state index is 0.133. The van der Waals surface area contributed by atoms with Crippen molar-refractivity contribution < 1.29 is 14.3 Å². The number of methoxy groups -OCH3 is 1. The molecule has 0 saturated heterocycles. The zero-order chi connectivity index (χ0) is 11.7. The van der Waals surface area contributed by atoms with Gasteiger partial charge in [0, 0.05) is 20.2 Å². The Labute approximate surface area is 89.5 Å². The van der Waals surface area contributed by atoms with Crippen molar-refractivity contribution in [2.45, 2.75) is 19.4 Å². The SMILES string of the molecule is CCC(COC)NC(=O)C(=O)NCCN. The highest BCUT2D eigenvalue weighted by Gasteiger charge is 2.16. The summed E-state index contributed by atoms with van der Waals surface area (Å²) in [5.41, 5.74) is 5.19. The van der Waals surface area contributed by atoms with Gasteiger partial charge in [0.1, 0.15) is 0 Å². The van der Waals surface area contributed by atoms with Gasteiger partial charge in [-0.25, -0.2) is 0 Å². The van der Waals surface area contributed by atoms with E-state index in [9.17, 15) is 9.59 Å². The first kappa shape index (κ1) is 13.9. The number of rotatable bonds is 6. The van der Waals surface area contributed by atoms with Crippen molar-refractivity contribution in [3.8, 4) is 0 Å². The summed E-state index contributed by atoms with van der Waals surface area (Å²) < 4.78 is 4.89. The largest absolute Gasteiger partial charge is 0.383 e. The molecule has 0 radical (unpaired) electrons. The molecule has 0 heterocycles. The predicted molar refractivity (Wildman–Crippen MR) is 56.2 cm³/mol. The molecule has 4 N–H and O–H groups in total. The van der Waals surface area contributed by atoms with Crippen LogP contribution in [0.2, 0.25) is 0 Å². The second-order valence-corrected chi connectivity index (χ2v) is 3.08. The maximum atomic E-state index is 11.3. The molecule has 0 aromatic rings. The van der Waals surface area contributed by atoms with Crippen LogP contribution in [-0.4, -0.2) is 44.7 Å². The van der Waals surface area contributed by atoms with Crippen LogP contribution in [-0.2, 0) is 14.3 Å². The van der Waals surface area contributed by atoms with Crippen molar-refractivity contribution in [2.75, 3.05) is 26.8 Å². The Hall–Kier alpha value is -1.14. The molecule has 1 atom stereocenters. The van der Waals surface area contributed by atoms with Gasteiger partial charge in [-0.05, 0) is 6.42 Å². The lowest BCUT2D eigenvalue weighted by atomic mass is 10.2. The first-order valence-corrected chi connectivity index (χ1v) is 4.93. The van der Waals surface area contributed by atoms with E-state index in [1.54, 1.807) is 7.11 Å². The molecule has 6 nitrogen and oxygen atoms in total. The normalized spacial score (nSPS) is 11.9. The molecule has 6 heteroatoms. The number of carbonyl (C=O) groups is 2. The number of ether oxygens (including phenoxy) is 1. The van der Waals surface area contributed by atoms with E-state index >= 15 is 0 Å². The Morgan fingerprint density at radius 1 is 1.40 bits per heavy atom. The molecule has 0 aromatic carbocycles. The zero-order valence-electron chi connectivity index (χ0n) is 9.21. The molecule has 1 unspecified atom stereocenters. The van der Waals surface area contributed by atoms with Crippen LogP contribution in [0.25, 0.3) is 0 Å². The molecule has 88 valence electrons. The van der Waals surface area contributed by atoms with Gasteiger partial charge in [0.15, 0.2) is 0 Å². The Balaban J connectivity index is 3.93. The predicted octanol–water partition coefficient (Wildman–Crippen LogP) is -1.40. The van der Waals surface area contributed by atoms with Gasteiger partial charge in [-0.1, -0.05) is 6.92 Å². The van der Waals surface area contributed by atoms with E-state index in [4.69, 9.17) is 10.5 Å². The highest BCUT2D eigenvalue weighted by Crippen LogP contribution is 1.90. The number of amides is 2. The molecular formula is C9H19N3O3. The van der Waals surface area contributed by atoms with Crippen LogP contribution >= 0.6 is 0 Å². The molecule has 15 heavy (non-hydrogen) atoms. The first-order chi connectivity index (χ1) is 7.15. The maximum Gasteiger partial charge on any atom is 0.309 e. The lowest BCUT2D eigenvalue weighted by molar-refractivity contribution is -0.139. The molecule has 0 fully saturated rings. The fraction of sp³-hybridized carbons (Fsp3) is 0.778. The summed E-state index contributed by atoms with van der Waals surface area (Å²) in [4.78, 5) is 22.4. The molecule has 0 saturated carbocycles. The van der Waals surface area contributed by atoms with Gasteiger partial charge in [0.2, 0.25) is 0 Å². The molecule has 0 aliphatic heterocycles. The quantitative estimate of drug-likeness (QED) is 0.477. The van der Waals surface area contributed by atoms with Crippen molar-refractivity contribution in [3.05, 3.63) is 0 Å². The molecule has 0 bridgehead atoms. The fourth-order valence-corrected chi connectivity index (χ4v) is 0.980. The topological polar surface area (TPSA) is 93.4 Å².